The van der Waals surface area contributed by atoms with Gasteiger partial charge in [-0.3, -0.25) is 14.5 Å². The Hall–Kier alpha value is -1.14. The molecule has 2 N–H and O–H groups in total. The van der Waals surface area contributed by atoms with Crippen molar-refractivity contribution in [2.75, 3.05) is 46.4 Å². The van der Waals surface area contributed by atoms with E-state index in [2.05, 4.69) is 4.74 Å². The zero-order valence-electron chi connectivity index (χ0n) is 10.9. The van der Waals surface area contributed by atoms with Crippen LogP contribution in [0.25, 0.3) is 0 Å². The zero-order chi connectivity index (χ0) is 13.2. The summed E-state index contributed by atoms with van der Waals surface area (Å²) < 4.78 is 4.63. The number of methoxy groups -OCH3 is 1. The van der Waals surface area contributed by atoms with E-state index in [-0.39, 0.29) is 17.3 Å². The van der Waals surface area contributed by atoms with Crippen LogP contribution < -0.4 is 5.73 Å². The van der Waals surface area contributed by atoms with E-state index in [0.717, 1.165) is 25.9 Å². The molecule has 6 heteroatoms. The van der Waals surface area contributed by atoms with Crippen molar-refractivity contribution < 1.29 is 14.3 Å². The maximum absolute atomic E-state index is 12.2. The van der Waals surface area contributed by atoms with Gasteiger partial charge < -0.3 is 15.4 Å². The molecule has 1 heterocycles. The molecular formula is C12H21N3O3. The van der Waals surface area contributed by atoms with Gasteiger partial charge in [-0.2, -0.15) is 0 Å². The molecule has 0 radical (unpaired) electrons. The first kappa shape index (κ1) is 13.3. The van der Waals surface area contributed by atoms with Crippen molar-refractivity contribution in [1.82, 2.24) is 9.80 Å². The summed E-state index contributed by atoms with van der Waals surface area (Å²) in [7, 11) is 1.39. The van der Waals surface area contributed by atoms with E-state index >= 15 is 0 Å². The Bertz CT molecular complexity index is 333. The van der Waals surface area contributed by atoms with Crippen molar-refractivity contribution in [2.45, 2.75) is 12.8 Å². The molecule has 0 aromatic rings. The minimum atomic E-state index is -0.259. The number of ether oxygens (including phenoxy) is 1. The second-order valence-corrected chi connectivity index (χ2v) is 5.13. The maximum atomic E-state index is 12.2. The highest BCUT2D eigenvalue weighted by atomic mass is 16.5. The lowest BCUT2D eigenvalue weighted by Gasteiger charge is -2.35. The number of esters is 1. The van der Waals surface area contributed by atoms with Crippen molar-refractivity contribution in [3.63, 3.8) is 0 Å². The molecule has 2 rings (SSSR count). The van der Waals surface area contributed by atoms with Crippen LogP contribution in [0.1, 0.15) is 12.8 Å². The second-order valence-electron chi connectivity index (χ2n) is 5.13. The lowest BCUT2D eigenvalue weighted by atomic mass is 10.1. The van der Waals surface area contributed by atoms with Crippen LogP contribution in [0.15, 0.2) is 0 Å². The third-order valence-corrected chi connectivity index (χ3v) is 3.94. The normalized spacial score (nSPS) is 22.7. The van der Waals surface area contributed by atoms with Gasteiger partial charge in [0.25, 0.3) is 0 Å². The number of nitrogens with zero attached hydrogens (tertiary/aromatic N) is 2. The monoisotopic (exact) mass is 255 g/mol. The lowest BCUT2D eigenvalue weighted by molar-refractivity contribution is -0.143. The topological polar surface area (TPSA) is 75.9 Å². The van der Waals surface area contributed by atoms with E-state index in [0.29, 0.717) is 26.2 Å². The molecule has 18 heavy (non-hydrogen) atoms. The summed E-state index contributed by atoms with van der Waals surface area (Å²) in [5.41, 5.74) is 5.41. The van der Waals surface area contributed by atoms with Crippen molar-refractivity contribution in [1.29, 1.82) is 0 Å². The van der Waals surface area contributed by atoms with Gasteiger partial charge in [0, 0.05) is 32.7 Å². The molecule has 6 nitrogen and oxygen atoms in total. The summed E-state index contributed by atoms with van der Waals surface area (Å²) in [6.45, 7) is 3.56. The van der Waals surface area contributed by atoms with Gasteiger partial charge in [0.2, 0.25) is 5.91 Å². The van der Waals surface area contributed by atoms with Crippen LogP contribution in [0.2, 0.25) is 0 Å². The van der Waals surface area contributed by atoms with Gasteiger partial charge in [-0.15, -0.1) is 0 Å². The van der Waals surface area contributed by atoms with Crippen molar-refractivity contribution in [3.05, 3.63) is 0 Å². The molecule has 2 aliphatic rings. The van der Waals surface area contributed by atoms with Crippen molar-refractivity contribution in [2.24, 2.45) is 11.1 Å². The lowest BCUT2D eigenvalue weighted by Crippen LogP contribution is -2.52. The van der Waals surface area contributed by atoms with Gasteiger partial charge in [-0.25, -0.2) is 0 Å². The average molecular weight is 255 g/mol. The first-order valence-corrected chi connectivity index (χ1v) is 6.40. The third kappa shape index (κ3) is 2.64. The molecule has 0 bridgehead atoms. The number of piperazine rings is 1. The number of hydrogen-bond donors (Lipinski definition) is 1. The van der Waals surface area contributed by atoms with Crippen LogP contribution in [-0.4, -0.2) is 68.1 Å². The van der Waals surface area contributed by atoms with Crippen LogP contribution in [0.3, 0.4) is 0 Å². The number of hydrogen-bond acceptors (Lipinski definition) is 5. The first-order chi connectivity index (χ1) is 8.61. The molecule has 0 aromatic heterocycles. The Morgan fingerprint density at radius 3 is 2.28 bits per heavy atom. The summed E-state index contributed by atoms with van der Waals surface area (Å²) in [6, 6.07) is 0. The van der Waals surface area contributed by atoms with Gasteiger partial charge in [0.05, 0.1) is 19.1 Å². The van der Waals surface area contributed by atoms with Crippen molar-refractivity contribution >= 4 is 11.9 Å². The molecule has 0 atom stereocenters. The molecule has 2 fully saturated rings. The highest BCUT2D eigenvalue weighted by molar-refractivity contribution is 5.85. The summed E-state index contributed by atoms with van der Waals surface area (Å²) in [6.07, 6.45) is 1.84. The highest BCUT2D eigenvalue weighted by Crippen LogP contribution is 2.46. The van der Waals surface area contributed by atoms with E-state index in [4.69, 9.17) is 5.73 Å². The molecule has 1 aliphatic heterocycles. The van der Waals surface area contributed by atoms with Crippen LogP contribution in [0.4, 0.5) is 0 Å². The molecule has 0 spiro atoms. The molecule has 0 unspecified atom stereocenters. The first-order valence-electron chi connectivity index (χ1n) is 6.40. The second kappa shape index (κ2) is 5.24. The minimum absolute atomic E-state index is 0.197. The Labute approximate surface area is 107 Å². The maximum Gasteiger partial charge on any atom is 0.319 e. The molecule has 1 saturated heterocycles. The number of amides is 1. The fourth-order valence-corrected chi connectivity index (χ4v) is 2.35. The molecule has 1 amide bonds. The van der Waals surface area contributed by atoms with E-state index in [1.165, 1.54) is 7.11 Å². The Kier molecular flexibility index (Phi) is 3.87. The van der Waals surface area contributed by atoms with Gasteiger partial charge >= 0.3 is 5.97 Å². The molecule has 0 aromatic carbocycles. The summed E-state index contributed by atoms with van der Waals surface area (Å²) in [5, 5.41) is 0. The van der Waals surface area contributed by atoms with Crippen molar-refractivity contribution in [3.8, 4) is 0 Å². The number of carbonyl (C=O) groups is 2. The summed E-state index contributed by atoms with van der Waals surface area (Å²) >= 11 is 0. The SMILES string of the molecule is COC(=O)CN1CCN(C(=O)C2(CN)CC2)CC1. The van der Waals surface area contributed by atoms with Crippen LogP contribution in [0.5, 0.6) is 0 Å². The van der Waals surface area contributed by atoms with E-state index in [1.54, 1.807) is 0 Å². The smallest absolute Gasteiger partial charge is 0.319 e. The number of carbonyl (C=O) groups excluding carboxylic acids is 2. The highest BCUT2D eigenvalue weighted by Gasteiger charge is 2.50. The number of rotatable bonds is 4. The van der Waals surface area contributed by atoms with E-state index < -0.39 is 0 Å². The zero-order valence-corrected chi connectivity index (χ0v) is 10.9. The Balaban J connectivity index is 1.80. The molecule has 1 aliphatic carbocycles. The number of nitrogens with two attached hydrogens (primary N) is 1. The third-order valence-electron chi connectivity index (χ3n) is 3.94. The fraction of sp³-hybridized carbons (Fsp3) is 0.833. The summed E-state index contributed by atoms with van der Waals surface area (Å²) in [4.78, 5) is 27.3. The molecular weight excluding hydrogens is 234 g/mol. The van der Waals surface area contributed by atoms with Crippen LogP contribution in [-0.2, 0) is 14.3 Å². The van der Waals surface area contributed by atoms with E-state index in [9.17, 15) is 9.59 Å². The minimum Gasteiger partial charge on any atom is -0.468 e. The quantitative estimate of drug-likeness (QED) is 0.655. The van der Waals surface area contributed by atoms with Gasteiger partial charge in [0.15, 0.2) is 0 Å². The fourth-order valence-electron chi connectivity index (χ4n) is 2.35. The molecule has 102 valence electrons. The average Bonchev–Trinajstić information content (AvgIpc) is 3.19. The predicted molar refractivity (Wildman–Crippen MR) is 65.8 cm³/mol. The Morgan fingerprint density at radius 2 is 1.83 bits per heavy atom. The molecule has 1 saturated carbocycles. The van der Waals surface area contributed by atoms with Gasteiger partial charge in [-0.1, -0.05) is 0 Å². The van der Waals surface area contributed by atoms with Gasteiger partial charge in [0.1, 0.15) is 0 Å². The standard InChI is InChI=1S/C12H21N3O3/c1-18-10(16)8-14-4-6-15(7-5-14)11(17)12(9-13)2-3-12/h2-9,13H2,1H3. The van der Waals surface area contributed by atoms with Gasteiger partial charge in [-0.05, 0) is 12.8 Å². The van der Waals surface area contributed by atoms with E-state index in [1.807, 2.05) is 9.80 Å². The predicted octanol–water partition coefficient (Wildman–Crippen LogP) is -0.957. The Morgan fingerprint density at radius 1 is 1.22 bits per heavy atom. The van der Waals surface area contributed by atoms with Crippen LogP contribution >= 0.6 is 0 Å². The van der Waals surface area contributed by atoms with Crippen LogP contribution in [0, 0.1) is 5.41 Å². The summed E-state index contributed by atoms with van der Waals surface area (Å²) in [5.74, 6) is -0.0295. The largest absolute Gasteiger partial charge is 0.468 e.